The molecule has 0 radical (unpaired) electrons. The highest BCUT2D eigenvalue weighted by Gasteiger charge is 2.35. The first-order valence-corrected chi connectivity index (χ1v) is 10.5. The van der Waals surface area contributed by atoms with E-state index in [2.05, 4.69) is 10.3 Å². The number of amides is 2. The van der Waals surface area contributed by atoms with Crippen LogP contribution in [0.25, 0.3) is 5.65 Å². The Labute approximate surface area is 167 Å². The summed E-state index contributed by atoms with van der Waals surface area (Å²) in [5.74, 6) is -0.383. The smallest absolute Gasteiger partial charge is 0.227 e. The van der Waals surface area contributed by atoms with Crippen molar-refractivity contribution in [1.29, 1.82) is 0 Å². The quantitative estimate of drug-likeness (QED) is 0.653. The molecule has 6 nitrogen and oxygen atoms in total. The normalized spacial score (nSPS) is 16.7. The molecular weight excluding hydrogens is 372 g/mol. The highest BCUT2D eigenvalue weighted by Crippen LogP contribution is 2.28. The van der Waals surface area contributed by atoms with Crippen LogP contribution in [-0.4, -0.2) is 40.5 Å². The van der Waals surface area contributed by atoms with Gasteiger partial charge < -0.3 is 14.6 Å². The summed E-state index contributed by atoms with van der Waals surface area (Å²) in [6, 6.07) is 13.7. The Hall–Kier alpha value is -2.80. The molecule has 28 heavy (non-hydrogen) atoms. The number of carbonyl (C=O) groups excluding carboxylic acids is 2. The molecule has 0 spiro atoms. The van der Waals surface area contributed by atoms with Crippen molar-refractivity contribution >= 4 is 34.9 Å². The summed E-state index contributed by atoms with van der Waals surface area (Å²) in [7, 11) is 0. The number of thioether (sulfide) groups is 1. The number of aromatic nitrogens is 2. The number of benzene rings is 1. The number of anilines is 1. The summed E-state index contributed by atoms with van der Waals surface area (Å²) in [4.78, 5) is 32.3. The van der Waals surface area contributed by atoms with Crippen molar-refractivity contribution in [1.82, 2.24) is 14.7 Å². The molecule has 0 aliphatic carbocycles. The maximum absolute atomic E-state index is 12.5. The van der Waals surface area contributed by atoms with Gasteiger partial charge >= 0.3 is 0 Å². The van der Waals surface area contributed by atoms with Gasteiger partial charge in [0, 0.05) is 48.9 Å². The van der Waals surface area contributed by atoms with Gasteiger partial charge in [-0.1, -0.05) is 12.1 Å². The lowest BCUT2D eigenvalue weighted by molar-refractivity contribution is -0.126. The Bertz CT molecular complexity index is 983. The summed E-state index contributed by atoms with van der Waals surface area (Å²) in [6.45, 7) is 0.937. The Morgan fingerprint density at radius 1 is 1.29 bits per heavy atom. The molecule has 2 aromatic heterocycles. The van der Waals surface area contributed by atoms with Crippen molar-refractivity contribution in [2.75, 3.05) is 24.2 Å². The van der Waals surface area contributed by atoms with Crippen molar-refractivity contribution < 1.29 is 9.59 Å². The van der Waals surface area contributed by atoms with E-state index in [0.717, 1.165) is 21.9 Å². The number of nitrogens with one attached hydrogen (secondary N) is 1. The third-order valence-corrected chi connectivity index (χ3v) is 5.68. The number of fused-ring (bicyclic) bond motifs is 1. The number of carbonyl (C=O) groups is 2. The molecule has 1 aliphatic rings. The minimum atomic E-state index is -0.313. The molecule has 1 fully saturated rings. The van der Waals surface area contributed by atoms with Gasteiger partial charge in [-0.2, -0.15) is 0 Å². The summed E-state index contributed by atoms with van der Waals surface area (Å²) >= 11 is 1.64. The number of rotatable bonds is 6. The fourth-order valence-corrected chi connectivity index (χ4v) is 3.93. The Balaban J connectivity index is 1.33. The molecule has 1 N–H and O–H groups in total. The Kier molecular flexibility index (Phi) is 5.34. The maximum Gasteiger partial charge on any atom is 0.227 e. The first-order valence-electron chi connectivity index (χ1n) is 9.29. The summed E-state index contributed by atoms with van der Waals surface area (Å²) in [5.41, 5.74) is 2.69. The van der Waals surface area contributed by atoms with E-state index < -0.39 is 0 Å². The van der Waals surface area contributed by atoms with Gasteiger partial charge in [0.05, 0.1) is 11.6 Å². The van der Waals surface area contributed by atoms with Crippen LogP contribution in [0.4, 0.5) is 5.69 Å². The molecule has 7 heteroatoms. The van der Waals surface area contributed by atoms with Gasteiger partial charge in [0.25, 0.3) is 0 Å². The van der Waals surface area contributed by atoms with E-state index in [4.69, 9.17) is 0 Å². The first-order chi connectivity index (χ1) is 13.6. The van der Waals surface area contributed by atoms with E-state index in [9.17, 15) is 9.59 Å². The molecule has 4 rings (SSSR count). The van der Waals surface area contributed by atoms with E-state index >= 15 is 0 Å². The van der Waals surface area contributed by atoms with Crippen LogP contribution in [0.1, 0.15) is 12.1 Å². The third-order valence-electron chi connectivity index (χ3n) is 4.96. The summed E-state index contributed by atoms with van der Waals surface area (Å²) in [5, 5.41) is 2.96. The van der Waals surface area contributed by atoms with Gasteiger partial charge in [0.2, 0.25) is 11.8 Å². The van der Waals surface area contributed by atoms with Crippen LogP contribution in [0.3, 0.4) is 0 Å². The minimum Gasteiger partial charge on any atom is -0.355 e. The Morgan fingerprint density at radius 2 is 2.18 bits per heavy atom. The molecule has 1 aromatic carbocycles. The SMILES string of the molecule is CSc1cccc(N2C[C@H](C(=O)NCCc3cn4ccccc4n3)CC2=O)c1. The van der Waals surface area contributed by atoms with Gasteiger partial charge in [-0.3, -0.25) is 9.59 Å². The molecule has 1 saturated heterocycles. The van der Waals surface area contributed by atoms with Crippen molar-refractivity contribution in [3.05, 3.63) is 60.6 Å². The molecule has 0 unspecified atom stereocenters. The number of hydrogen-bond donors (Lipinski definition) is 1. The summed E-state index contributed by atoms with van der Waals surface area (Å²) in [6.07, 6.45) is 6.84. The Morgan fingerprint density at radius 3 is 3.00 bits per heavy atom. The molecule has 1 aliphatic heterocycles. The number of hydrogen-bond acceptors (Lipinski definition) is 4. The molecule has 144 valence electrons. The lowest BCUT2D eigenvalue weighted by Gasteiger charge is -2.17. The van der Waals surface area contributed by atoms with Gasteiger partial charge in [-0.05, 0) is 36.6 Å². The zero-order chi connectivity index (χ0) is 19.5. The van der Waals surface area contributed by atoms with E-state index in [-0.39, 0.29) is 24.2 Å². The van der Waals surface area contributed by atoms with Crippen LogP contribution >= 0.6 is 11.8 Å². The van der Waals surface area contributed by atoms with E-state index in [1.807, 2.05) is 65.5 Å². The average Bonchev–Trinajstić information content (AvgIpc) is 3.31. The van der Waals surface area contributed by atoms with Gasteiger partial charge in [0.1, 0.15) is 5.65 Å². The van der Waals surface area contributed by atoms with Gasteiger partial charge in [-0.15, -0.1) is 11.8 Å². The second-order valence-corrected chi connectivity index (χ2v) is 7.73. The van der Waals surface area contributed by atoms with Crippen LogP contribution < -0.4 is 10.2 Å². The highest BCUT2D eigenvalue weighted by atomic mass is 32.2. The number of pyridine rings is 1. The molecule has 3 aromatic rings. The second kappa shape index (κ2) is 8.06. The van der Waals surface area contributed by atoms with E-state index in [1.54, 1.807) is 16.7 Å². The van der Waals surface area contributed by atoms with Crippen molar-refractivity contribution in [3.63, 3.8) is 0 Å². The fourth-order valence-electron chi connectivity index (χ4n) is 3.48. The number of imidazole rings is 1. The monoisotopic (exact) mass is 394 g/mol. The van der Waals surface area contributed by atoms with Crippen LogP contribution in [0.5, 0.6) is 0 Å². The molecule has 0 saturated carbocycles. The predicted molar refractivity (Wildman–Crippen MR) is 111 cm³/mol. The molecular formula is C21H22N4O2S. The lowest BCUT2D eigenvalue weighted by atomic mass is 10.1. The predicted octanol–water partition coefficient (Wildman–Crippen LogP) is 2.77. The standard InChI is InChI=1S/C21H22N4O2S/c1-28-18-6-4-5-17(12-18)25-13-15(11-20(25)26)21(27)22-9-8-16-14-24-10-3-2-7-19(24)23-16/h2-7,10,12,14-15H,8-9,11,13H2,1H3,(H,22,27)/t15-/m1/s1. The van der Waals surface area contributed by atoms with Crippen molar-refractivity contribution in [2.24, 2.45) is 5.92 Å². The fraction of sp³-hybridized carbons (Fsp3) is 0.286. The van der Waals surface area contributed by atoms with Crippen LogP contribution in [0.15, 0.2) is 59.8 Å². The highest BCUT2D eigenvalue weighted by molar-refractivity contribution is 7.98. The van der Waals surface area contributed by atoms with Crippen LogP contribution in [-0.2, 0) is 16.0 Å². The topological polar surface area (TPSA) is 66.7 Å². The zero-order valence-corrected chi connectivity index (χ0v) is 16.5. The largest absolute Gasteiger partial charge is 0.355 e. The average molecular weight is 395 g/mol. The lowest BCUT2D eigenvalue weighted by Crippen LogP contribution is -2.34. The van der Waals surface area contributed by atoms with Gasteiger partial charge in [0.15, 0.2) is 0 Å². The third kappa shape index (κ3) is 3.89. The van der Waals surface area contributed by atoms with Gasteiger partial charge in [-0.25, -0.2) is 4.98 Å². The first kappa shape index (κ1) is 18.6. The van der Waals surface area contributed by atoms with E-state index in [1.165, 1.54) is 0 Å². The zero-order valence-electron chi connectivity index (χ0n) is 15.7. The summed E-state index contributed by atoms with van der Waals surface area (Å²) < 4.78 is 1.97. The minimum absolute atomic E-state index is 0.00115. The molecule has 2 amide bonds. The van der Waals surface area contributed by atoms with Crippen LogP contribution in [0.2, 0.25) is 0 Å². The van der Waals surface area contributed by atoms with Crippen LogP contribution in [0, 0.1) is 5.92 Å². The molecule has 3 heterocycles. The molecule has 1 atom stereocenters. The maximum atomic E-state index is 12.5. The van der Waals surface area contributed by atoms with E-state index in [0.29, 0.717) is 19.5 Å². The molecule has 0 bridgehead atoms. The second-order valence-electron chi connectivity index (χ2n) is 6.85. The van der Waals surface area contributed by atoms with Crippen molar-refractivity contribution in [2.45, 2.75) is 17.7 Å². The van der Waals surface area contributed by atoms with Crippen molar-refractivity contribution in [3.8, 4) is 0 Å². The number of nitrogens with zero attached hydrogens (tertiary/aromatic N) is 3.